The summed E-state index contributed by atoms with van der Waals surface area (Å²) in [4.78, 5) is 24.2. The largest absolute Gasteiger partial charge is 0.353 e. The lowest BCUT2D eigenvalue weighted by Gasteiger charge is -2.11. The predicted molar refractivity (Wildman–Crippen MR) is 81.8 cm³/mol. The van der Waals surface area contributed by atoms with Crippen molar-refractivity contribution in [3.05, 3.63) is 29.8 Å². The van der Waals surface area contributed by atoms with Crippen molar-refractivity contribution >= 4 is 17.5 Å². The highest BCUT2D eigenvalue weighted by atomic mass is 16.2. The van der Waals surface area contributed by atoms with Gasteiger partial charge in [0.1, 0.15) is 0 Å². The van der Waals surface area contributed by atoms with Gasteiger partial charge in [0.2, 0.25) is 11.8 Å². The van der Waals surface area contributed by atoms with Crippen LogP contribution < -0.4 is 10.6 Å². The summed E-state index contributed by atoms with van der Waals surface area (Å²) < 4.78 is 0. The van der Waals surface area contributed by atoms with Crippen LogP contribution in [0.15, 0.2) is 24.3 Å². The number of amides is 2. The molecular formula is C17H19N3O2. The van der Waals surface area contributed by atoms with E-state index in [1.807, 2.05) is 6.07 Å². The first-order chi connectivity index (χ1) is 10.7. The highest BCUT2D eigenvalue weighted by Crippen LogP contribution is 2.40. The van der Waals surface area contributed by atoms with Gasteiger partial charge in [-0.2, -0.15) is 5.26 Å². The highest BCUT2D eigenvalue weighted by molar-refractivity contribution is 5.99. The Morgan fingerprint density at radius 3 is 2.32 bits per heavy atom. The quantitative estimate of drug-likeness (QED) is 0.893. The first-order valence-corrected chi connectivity index (χ1v) is 7.79. The van der Waals surface area contributed by atoms with Crippen LogP contribution in [0.1, 0.15) is 37.7 Å². The average Bonchev–Trinajstić information content (AvgIpc) is 3.19. The fourth-order valence-corrected chi connectivity index (χ4v) is 3.02. The van der Waals surface area contributed by atoms with Crippen molar-refractivity contribution < 1.29 is 9.59 Å². The Labute approximate surface area is 129 Å². The molecule has 2 saturated carbocycles. The highest BCUT2D eigenvalue weighted by Gasteiger charge is 2.48. The zero-order chi connectivity index (χ0) is 15.5. The van der Waals surface area contributed by atoms with Crippen LogP contribution in [0.3, 0.4) is 0 Å². The number of hydrogen-bond acceptors (Lipinski definition) is 3. The topological polar surface area (TPSA) is 82.0 Å². The minimum atomic E-state index is -0.225. The normalized spacial score (nSPS) is 23.6. The van der Waals surface area contributed by atoms with Crippen molar-refractivity contribution in [1.29, 1.82) is 5.26 Å². The molecule has 0 radical (unpaired) electrons. The molecule has 2 aliphatic carbocycles. The molecule has 0 aliphatic heterocycles. The van der Waals surface area contributed by atoms with Crippen molar-refractivity contribution in [3.63, 3.8) is 0 Å². The summed E-state index contributed by atoms with van der Waals surface area (Å²) in [5, 5.41) is 14.6. The van der Waals surface area contributed by atoms with E-state index in [1.165, 1.54) is 12.8 Å². The van der Waals surface area contributed by atoms with Gasteiger partial charge in [0.15, 0.2) is 0 Å². The van der Waals surface area contributed by atoms with Gasteiger partial charge < -0.3 is 10.6 Å². The summed E-state index contributed by atoms with van der Waals surface area (Å²) >= 11 is 0. The van der Waals surface area contributed by atoms with Crippen LogP contribution in [0.25, 0.3) is 0 Å². The molecule has 2 amide bonds. The maximum Gasteiger partial charge on any atom is 0.228 e. The van der Waals surface area contributed by atoms with Gasteiger partial charge in [-0.3, -0.25) is 9.59 Å². The van der Waals surface area contributed by atoms with Gasteiger partial charge in [0, 0.05) is 11.7 Å². The summed E-state index contributed by atoms with van der Waals surface area (Å²) in [6.07, 6.45) is 5.10. The van der Waals surface area contributed by atoms with E-state index in [2.05, 4.69) is 10.6 Å². The lowest BCUT2D eigenvalue weighted by atomic mass is 10.2. The average molecular weight is 297 g/mol. The van der Waals surface area contributed by atoms with Crippen molar-refractivity contribution in [2.75, 3.05) is 5.32 Å². The fourth-order valence-electron chi connectivity index (χ4n) is 3.02. The Kier molecular flexibility index (Phi) is 4.10. The number of nitrogens with one attached hydrogen (secondary N) is 2. The van der Waals surface area contributed by atoms with Crippen LogP contribution >= 0.6 is 0 Å². The molecule has 2 unspecified atom stereocenters. The van der Waals surface area contributed by atoms with Crippen molar-refractivity contribution in [2.45, 2.75) is 38.1 Å². The smallest absolute Gasteiger partial charge is 0.228 e. The van der Waals surface area contributed by atoms with E-state index in [0.717, 1.165) is 12.8 Å². The van der Waals surface area contributed by atoms with Crippen molar-refractivity contribution in [1.82, 2.24) is 5.32 Å². The van der Waals surface area contributed by atoms with Gasteiger partial charge in [0.25, 0.3) is 0 Å². The van der Waals surface area contributed by atoms with E-state index < -0.39 is 0 Å². The van der Waals surface area contributed by atoms with Crippen LogP contribution in [-0.4, -0.2) is 17.9 Å². The number of carbonyl (C=O) groups excluding carboxylic acids is 2. The van der Waals surface area contributed by atoms with E-state index in [4.69, 9.17) is 5.26 Å². The van der Waals surface area contributed by atoms with Crippen LogP contribution in [0.5, 0.6) is 0 Å². The molecule has 1 aromatic carbocycles. The molecule has 0 saturated heterocycles. The molecule has 2 atom stereocenters. The summed E-state index contributed by atoms with van der Waals surface area (Å²) in [7, 11) is 0. The maximum atomic E-state index is 12.1. The van der Waals surface area contributed by atoms with E-state index in [0.29, 0.717) is 23.7 Å². The van der Waals surface area contributed by atoms with Gasteiger partial charge in [-0.15, -0.1) is 0 Å². The zero-order valence-corrected chi connectivity index (χ0v) is 12.3. The Morgan fingerprint density at radius 1 is 1.05 bits per heavy atom. The lowest BCUT2D eigenvalue weighted by Crippen LogP contribution is -2.34. The number of nitriles is 1. The third-order valence-electron chi connectivity index (χ3n) is 4.45. The minimum absolute atomic E-state index is 0.0203. The van der Waals surface area contributed by atoms with Crippen LogP contribution in [0, 0.1) is 23.2 Å². The second kappa shape index (κ2) is 6.18. The monoisotopic (exact) mass is 297 g/mol. The first kappa shape index (κ1) is 14.6. The molecule has 2 aliphatic rings. The van der Waals surface area contributed by atoms with Crippen molar-refractivity contribution in [2.24, 2.45) is 11.8 Å². The number of carbonyl (C=O) groups is 2. The van der Waals surface area contributed by atoms with Crippen LogP contribution in [0.2, 0.25) is 0 Å². The minimum Gasteiger partial charge on any atom is -0.353 e. The summed E-state index contributed by atoms with van der Waals surface area (Å²) in [5.41, 5.74) is 1.21. The molecule has 5 nitrogen and oxygen atoms in total. The third-order valence-corrected chi connectivity index (χ3v) is 4.45. The number of hydrogen-bond donors (Lipinski definition) is 2. The lowest BCUT2D eigenvalue weighted by molar-refractivity contribution is -0.125. The van der Waals surface area contributed by atoms with Crippen LogP contribution in [0.4, 0.5) is 5.69 Å². The standard InChI is InChI=1S/C17H19N3O2/c18-10-11-5-7-13(8-6-11)20-17(22)15-9-14(15)16(21)19-12-3-1-2-4-12/h5-8,12,14-15H,1-4,9H2,(H,19,21)(H,20,22). The molecule has 5 heteroatoms. The summed E-state index contributed by atoms with van der Waals surface area (Å²) in [6.45, 7) is 0. The molecule has 114 valence electrons. The molecule has 0 aromatic heterocycles. The number of benzene rings is 1. The zero-order valence-electron chi connectivity index (χ0n) is 12.3. The summed E-state index contributed by atoms with van der Waals surface area (Å²) in [6, 6.07) is 9.06. The molecule has 2 fully saturated rings. The van der Waals surface area contributed by atoms with Gasteiger partial charge in [-0.1, -0.05) is 12.8 Å². The molecule has 2 N–H and O–H groups in total. The molecule has 3 rings (SSSR count). The predicted octanol–water partition coefficient (Wildman–Crippen LogP) is 2.19. The molecule has 0 spiro atoms. The molecular weight excluding hydrogens is 278 g/mol. The van der Waals surface area contributed by atoms with Gasteiger partial charge >= 0.3 is 0 Å². The van der Waals surface area contributed by atoms with E-state index in [-0.39, 0.29) is 23.7 Å². The fraction of sp³-hybridized carbons (Fsp3) is 0.471. The van der Waals surface area contributed by atoms with Crippen LogP contribution in [-0.2, 0) is 9.59 Å². The SMILES string of the molecule is N#Cc1ccc(NC(=O)C2CC2C(=O)NC2CCCC2)cc1. The molecule has 1 aromatic rings. The second-order valence-electron chi connectivity index (χ2n) is 6.12. The Morgan fingerprint density at radius 2 is 1.68 bits per heavy atom. The Bertz CT molecular complexity index is 612. The molecule has 0 heterocycles. The third kappa shape index (κ3) is 3.28. The molecule has 0 bridgehead atoms. The second-order valence-corrected chi connectivity index (χ2v) is 6.12. The molecule has 22 heavy (non-hydrogen) atoms. The number of nitrogens with zero attached hydrogens (tertiary/aromatic N) is 1. The Hall–Kier alpha value is -2.35. The van der Waals surface area contributed by atoms with E-state index in [9.17, 15) is 9.59 Å². The van der Waals surface area contributed by atoms with Gasteiger partial charge in [-0.25, -0.2) is 0 Å². The maximum absolute atomic E-state index is 12.1. The van der Waals surface area contributed by atoms with Gasteiger partial charge in [-0.05, 0) is 43.5 Å². The first-order valence-electron chi connectivity index (χ1n) is 7.79. The number of rotatable bonds is 4. The van der Waals surface area contributed by atoms with E-state index >= 15 is 0 Å². The van der Waals surface area contributed by atoms with Gasteiger partial charge in [0.05, 0.1) is 23.5 Å². The number of anilines is 1. The van der Waals surface area contributed by atoms with E-state index in [1.54, 1.807) is 24.3 Å². The van der Waals surface area contributed by atoms with Crippen molar-refractivity contribution in [3.8, 4) is 6.07 Å². The summed E-state index contributed by atoms with van der Waals surface area (Å²) in [5.74, 6) is -0.501. The Balaban J connectivity index is 1.49.